The van der Waals surface area contributed by atoms with Crippen LogP contribution in [0.5, 0.6) is 5.75 Å². The Labute approximate surface area is 98.4 Å². The van der Waals surface area contributed by atoms with Crippen LogP contribution < -0.4 is 10.1 Å². The topological polar surface area (TPSA) is 47.0 Å². The third-order valence-corrected chi connectivity index (χ3v) is 2.93. The highest BCUT2D eigenvalue weighted by Gasteiger charge is 2.06. The van der Waals surface area contributed by atoms with Gasteiger partial charge in [-0.25, -0.2) is 0 Å². The van der Waals surface area contributed by atoms with Gasteiger partial charge in [0.05, 0.1) is 13.3 Å². The van der Waals surface area contributed by atoms with Gasteiger partial charge in [-0.2, -0.15) is 0 Å². The van der Waals surface area contributed by atoms with E-state index in [0.29, 0.717) is 0 Å². The third-order valence-electron chi connectivity index (χ3n) is 2.34. The van der Waals surface area contributed by atoms with Gasteiger partial charge in [0.15, 0.2) is 0 Å². The number of aromatic nitrogens is 2. The van der Waals surface area contributed by atoms with Gasteiger partial charge in [0.25, 0.3) is 0 Å². The second kappa shape index (κ2) is 4.94. The minimum Gasteiger partial charge on any atom is -0.497 e. The lowest BCUT2D eigenvalue weighted by Crippen LogP contribution is -2.05. The van der Waals surface area contributed by atoms with Crippen LogP contribution in [-0.4, -0.2) is 16.7 Å². The number of anilines is 1. The van der Waals surface area contributed by atoms with Crippen molar-refractivity contribution >= 4 is 16.5 Å². The smallest absolute Gasteiger partial charge is 0.130 e. The zero-order valence-corrected chi connectivity index (χ0v) is 9.99. The third kappa shape index (κ3) is 2.49. The largest absolute Gasteiger partial charge is 0.497 e. The summed E-state index contributed by atoms with van der Waals surface area (Å²) < 4.78 is 8.92. The van der Waals surface area contributed by atoms with E-state index in [9.17, 15) is 0 Å². The molecule has 0 amide bonds. The molecule has 4 nitrogen and oxygen atoms in total. The average Bonchev–Trinajstić information content (AvgIpc) is 2.82. The van der Waals surface area contributed by atoms with Crippen LogP contribution in [0.4, 0.5) is 5.00 Å². The minimum atomic E-state index is 0.230. The number of nitrogens with one attached hydrogen (secondary N) is 1. The molecule has 0 saturated carbocycles. The molecule has 1 unspecified atom stereocenters. The number of hydrogen-bond donors (Lipinski definition) is 1. The van der Waals surface area contributed by atoms with E-state index in [1.54, 1.807) is 13.3 Å². The summed E-state index contributed by atoms with van der Waals surface area (Å²) in [6.45, 7) is 2.10. The van der Waals surface area contributed by atoms with E-state index in [2.05, 4.69) is 21.8 Å². The molecule has 2 aromatic rings. The molecule has 1 heterocycles. The van der Waals surface area contributed by atoms with Crippen LogP contribution in [-0.2, 0) is 0 Å². The quantitative estimate of drug-likeness (QED) is 0.885. The summed E-state index contributed by atoms with van der Waals surface area (Å²) in [4.78, 5) is 0. The van der Waals surface area contributed by atoms with E-state index < -0.39 is 0 Å². The van der Waals surface area contributed by atoms with E-state index in [1.807, 2.05) is 24.3 Å². The number of ether oxygens (including phenoxy) is 1. The standard InChI is InChI=1S/C11H13N3OS/c1-8(13-11-7-12-14-16-11)9-3-5-10(15-2)6-4-9/h3-8,13H,1-2H3. The zero-order valence-electron chi connectivity index (χ0n) is 9.18. The van der Waals surface area contributed by atoms with Crippen molar-refractivity contribution in [2.45, 2.75) is 13.0 Å². The Kier molecular flexibility index (Phi) is 3.36. The highest BCUT2D eigenvalue weighted by molar-refractivity contribution is 7.09. The summed E-state index contributed by atoms with van der Waals surface area (Å²) in [5, 5.41) is 8.09. The van der Waals surface area contributed by atoms with Gasteiger partial charge in [0, 0.05) is 17.6 Å². The lowest BCUT2D eigenvalue weighted by Gasteiger charge is -2.13. The van der Waals surface area contributed by atoms with Crippen LogP contribution in [0.3, 0.4) is 0 Å². The van der Waals surface area contributed by atoms with E-state index in [1.165, 1.54) is 17.1 Å². The second-order valence-electron chi connectivity index (χ2n) is 3.42. The Morgan fingerprint density at radius 1 is 1.31 bits per heavy atom. The van der Waals surface area contributed by atoms with Crippen LogP contribution >= 0.6 is 11.5 Å². The van der Waals surface area contributed by atoms with Crippen LogP contribution in [0.25, 0.3) is 0 Å². The SMILES string of the molecule is COc1ccc(C(C)Nc2cnns2)cc1. The molecule has 0 aliphatic heterocycles. The van der Waals surface area contributed by atoms with Crippen LogP contribution in [0.2, 0.25) is 0 Å². The maximum atomic E-state index is 5.12. The van der Waals surface area contributed by atoms with Gasteiger partial charge in [0.2, 0.25) is 0 Å². The van der Waals surface area contributed by atoms with Crippen LogP contribution in [0, 0.1) is 0 Å². The summed E-state index contributed by atoms with van der Waals surface area (Å²) in [5.74, 6) is 0.871. The van der Waals surface area contributed by atoms with Gasteiger partial charge in [-0.05, 0) is 24.6 Å². The monoisotopic (exact) mass is 235 g/mol. The second-order valence-corrected chi connectivity index (χ2v) is 4.21. The molecular formula is C11H13N3OS. The van der Waals surface area contributed by atoms with Crippen molar-refractivity contribution in [1.82, 2.24) is 9.59 Å². The Morgan fingerprint density at radius 3 is 2.62 bits per heavy atom. The molecule has 5 heteroatoms. The highest BCUT2D eigenvalue weighted by atomic mass is 32.1. The zero-order chi connectivity index (χ0) is 11.4. The van der Waals surface area contributed by atoms with Crippen molar-refractivity contribution in [3.8, 4) is 5.75 Å². The number of benzene rings is 1. The van der Waals surface area contributed by atoms with Gasteiger partial charge >= 0.3 is 0 Å². The molecule has 0 fully saturated rings. The molecule has 0 radical (unpaired) electrons. The summed E-state index contributed by atoms with van der Waals surface area (Å²) in [6, 6.07) is 8.24. The Hall–Kier alpha value is -1.62. The minimum absolute atomic E-state index is 0.230. The fraction of sp³-hybridized carbons (Fsp3) is 0.273. The first-order valence-electron chi connectivity index (χ1n) is 4.97. The molecule has 2 rings (SSSR count). The van der Waals surface area contributed by atoms with E-state index in [0.717, 1.165) is 10.8 Å². The van der Waals surface area contributed by atoms with E-state index in [4.69, 9.17) is 4.74 Å². The summed E-state index contributed by atoms with van der Waals surface area (Å²) >= 11 is 1.36. The van der Waals surface area contributed by atoms with Crippen LogP contribution in [0.1, 0.15) is 18.5 Å². The van der Waals surface area contributed by atoms with Crippen molar-refractivity contribution in [2.24, 2.45) is 0 Å². The molecular weight excluding hydrogens is 222 g/mol. The number of methoxy groups -OCH3 is 1. The maximum Gasteiger partial charge on any atom is 0.130 e. The summed E-state index contributed by atoms with van der Waals surface area (Å²) in [5.41, 5.74) is 1.20. The van der Waals surface area contributed by atoms with Gasteiger partial charge < -0.3 is 10.1 Å². The lowest BCUT2D eigenvalue weighted by atomic mass is 10.1. The van der Waals surface area contributed by atoms with E-state index in [-0.39, 0.29) is 6.04 Å². The maximum absolute atomic E-state index is 5.12. The molecule has 1 aromatic carbocycles. The number of rotatable bonds is 4. The first kappa shape index (κ1) is 10.9. The van der Waals surface area contributed by atoms with Crippen molar-refractivity contribution in [2.75, 3.05) is 12.4 Å². The molecule has 0 aliphatic rings. The van der Waals surface area contributed by atoms with Gasteiger partial charge in [-0.1, -0.05) is 16.6 Å². The molecule has 0 spiro atoms. The number of nitrogens with zero attached hydrogens (tertiary/aromatic N) is 2. The molecule has 0 aliphatic carbocycles. The number of hydrogen-bond acceptors (Lipinski definition) is 5. The van der Waals surface area contributed by atoms with E-state index >= 15 is 0 Å². The Balaban J connectivity index is 2.05. The molecule has 1 aromatic heterocycles. The van der Waals surface area contributed by atoms with Crippen molar-refractivity contribution < 1.29 is 4.74 Å². The van der Waals surface area contributed by atoms with Crippen molar-refractivity contribution in [3.63, 3.8) is 0 Å². The summed E-state index contributed by atoms with van der Waals surface area (Å²) in [7, 11) is 1.67. The van der Waals surface area contributed by atoms with Gasteiger partial charge in [-0.3, -0.25) is 0 Å². The fourth-order valence-electron chi connectivity index (χ4n) is 1.42. The van der Waals surface area contributed by atoms with Crippen LogP contribution in [0.15, 0.2) is 30.5 Å². The van der Waals surface area contributed by atoms with Crippen molar-refractivity contribution in [1.29, 1.82) is 0 Å². The molecule has 1 N–H and O–H groups in total. The van der Waals surface area contributed by atoms with Gasteiger partial charge in [0.1, 0.15) is 10.8 Å². The van der Waals surface area contributed by atoms with Crippen molar-refractivity contribution in [3.05, 3.63) is 36.0 Å². The molecule has 0 bridgehead atoms. The first-order valence-corrected chi connectivity index (χ1v) is 5.75. The normalized spacial score (nSPS) is 12.1. The average molecular weight is 235 g/mol. The molecule has 16 heavy (non-hydrogen) atoms. The Morgan fingerprint density at radius 2 is 2.06 bits per heavy atom. The predicted molar refractivity (Wildman–Crippen MR) is 64.9 cm³/mol. The molecule has 0 saturated heterocycles. The predicted octanol–water partition coefficient (Wildman–Crippen LogP) is 2.72. The first-order chi connectivity index (χ1) is 7.79. The van der Waals surface area contributed by atoms with Gasteiger partial charge in [-0.15, -0.1) is 5.10 Å². The highest BCUT2D eigenvalue weighted by Crippen LogP contribution is 2.22. The molecule has 84 valence electrons. The lowest BCUT2D eigenvalue weighted by molar-refractivity contribution is 0.414. The molecule has 1 atom stereocenters. The summed E-state index contributed by atoms with van der Waals surface area (Å²) in [6.07, 6.45) is 1.73. The fourth-order valence-corrected chi connectivity index (χ4v) is 1.93. The Bertz CT molecular complexity index is 427.